The van der Waals surface area contributed by atoms with E-state index in [-0.39, 0.29) is 38.8 Å². The second kappa shape index (κ2) is 17.1. The molecule has 13 fully saturated rings. The van der Waals surface area contributed by atoms with E-state index in [9.17, 15) is 0 Å². The average molecular weight is 1030 g/mol. The average Bonchev–Trinajstić information content (AvgIpc) is 4.08. The first-order chi connectivity index (χ1) is 30.5. The molecule has 13 rings (SSSR count). The largest absolute Gasteiger partial charge is 0.482 e. The van der Waals surface area contributed by atoms with E-state index in [1.807, 2.05) is 0 Å². The van der Waals surface area contributed by atoms with Crippen molar-refractivity contribution in [3.8, 4) is 0 Å². The quantitative estimate of drug-likeness (QED) is 0.174. The van der Waals surface area contributed by atoms with Crippen LogP contribution >= 0.6 is 0 Å². The van der Waals surface area contributed by atoms with Crippen LogP contribution < -0.4 is 0 Å². The minimum Gasteiger partial charge on any atom is -0.373 e. The fourth-order valence-electron chi connectivity index (χ4n) is 15.1. The second-order valence-electron chi connectivity index (χ2n) is 23.4. The first kappa shape index (κ1) is 45.6. The maximum atomic E-state index is 8.56. The Bertz CT molecular complexity index is 1480. The standard InChI is InChI=1S/C42H80O12Si9/c1-4-5-34-55(2,3)35-56-43-57(36-20-6-7-21-36)46-60(39-26-12-13-27-39)48-58(44-56,37-22-8-9-23-37)50-62(41-30-16-17-31-41)51-59(45-56,38-24-10-11-25-38)49-61(47-57,40-28-14-15-29-40)53-63(52-60,54-62)42-32-18-19-33-42/h36-42H,4-35H2,1-3H3. The van der Waals surface area contributed by atoms with Crippen LogP contribution in [0.3, 0.4) is 0 Å². The van der Waals surface area contributed by atoms with Gasteiger partial charge >= 0.3 is 70.4 Å². The van der Waals surface area contributed by atoms with Gasteiger partial charge in [0.1, 0.15) is 0 Å². The summed E-state index contributed by atoms with van der Waals surface area (Å²) in [5.74, 6) is 0. The summed E-state index contributed by atoms with van der Waals surface area (Å²) >= 11 is 0. The van der Waals surface area contributed by atoms with Gasteiger partial charge in [0.2, 0.25) is 0 Å². The van der Waals surface area contributed by atoms with Crippen molar-refractivity contribution in [1.29, 1.82) is 0 Å². The van der Waals surface area contributed by atoms with E-state index in [0.717, 1.165) is 185 Å². The van der Waals surface area contributed by atoms with Gasteiger partial charge < -0.3 is 49.4 Å². The molecule has 0 aromatic heterocycles. The summed E-state index contributed by atoms with van der Waals surface area (Å²) in [4.78, 5) is 0. The lowest BCUT2D eigenvalue weighted by molar-refractivity contribution is -0.0448. The number of hydrogen-bond acceptors (Lipinski definition) is 12. The first-order valence-electron chi connectivity index (χ1n) is 26.9. The van der Waals surface area contributed by atoms with E-state index < -0.39 is 78.5 Å². The molecule has 63 heavy (non-hydrogen) atoms. The van der Waals surface area contributed by atoms with Gasteiger partial charge in [-0.05, 0) is 89.9 Å². The summed E-state index contributed by atoms with van der Waals surface area (Å²) in [7, 11) is -33.2. The molecule has 6 saturated heterocycles. The minimum absolute atomic E-state index is 0.0838. The van der Waals surface area contributed by atoms with Gasteiger partial charge in [-0.3, -0.25) is 0 Å². The molecular weight excluding hydrogens is 949 g/mol. The van der Waals surface area contributed by atoms with Crippen LogP contribution in [-0.2, 0) is 49.4 Å². The topological polar surface area (TPSA) is 111 Å². The van der Waals surface area contributed by atoms with E-state index in [0.29, 0.717) is 0 Å². The fourth-order valence-corrected chi connectivity index (χ4v) is 78.9. The molecule has 6 aliphatic heterocycles. The van der Waals surface area contributed by atoms with Crippen molar-refractivity contribution in [3.05, 3.63) is 0 Å². The highest BCUT2D eigenvalue weighted by atomic mass is 28.6. The highest BCUT2D eigenvalue weighted by molar-refractivity contribution is 7.06. The Morgan fingerprint density at radius 3 is 0.698 bits per heavy atom. The molecule has 0 amide bonds. The molecule has 356 valence electrons. The third-order valence-corrected chi connectivity index (χ3v) is 64.3. The Labute approximate surface area is 388 Å². The Morgan fingerprint density at radius 1 is 0.317 bits per heavy atom. The number of hydrogen-bond donors (Lipinski definition) is 0. The molecule has 8 bridgehead atoms. The summed E-state index contributed by atoms with van der Waals surface area (Å²) in [5.41, 5.74) is 1.38. The van der Waals surface area contributed by atoms with Gasteiger partial charge in [0.15, 0.2) is 0 Å². The predicted octanol–water partition coefficient (Wildman–Crippen LogP) is 12.4. The van der Waals surface area contributed by atoms with Crippen molar-refractivity contribution in [2.75, 3.05) is 0 Å². The zero-order chi connectivity index (χ0) is 42.7. The summed E-state index contributed by atoms with van der Waals surface area (Å²) in [6, 6.07) is 1.18. The SMILES string of the molecule is CCCC[Si](C)(C)C[Si]12O[Si]3(C4CCCC4)O[Si]4(C5CCCC5)O[Si](C5CCCC5)(O1)O[Si]1(C5CCCC5)O[Si](C5CCCC5)(O2)O[Si](C2CCCC2)(O3)O[Si](C2CCCC2)(O4)O1. The van der Waals surface area contributed by atoms with Crippen LogP contribution in [0.2, 0.25) is 63.6 Å². The highest BCUT2D eigenvalue weighted by Gasteiger charge is 2.88. The molecule has 0 aromatic carbocycles. The van der Waals surface area contributed by atoms with Crippen molar-refractivity contribution < 1.29 is 49.4 Å². The van der Waals surface area contributed by atoms with Crippen LogP contribution in [0.4, 0.5) is 0 Å². The van der Waals surface area contributed by atoms with Crippen molar-refractivity contribution >= 4 is 78.5 Å². The van der Waals surface area contributed by atoms with E-state index in [4.69, 9.17) is 49.4 Å². The molecule has 6 heterocycles. The lowest BCUT2D eigenvalue weighted by Crippen LogP contribution is -2.91. The Hall–Kier alpha value is 1.47. The maximum Gasteiger partial charge on any atom is 0.482 e. The molecule has 7 aliphatic carbocycles. The maximum absolute atomic E-state index is 8.56. The Morgan fingerprint density at radius 2 is 0.508 bits per heavy atom. The zero-order valence-electron chi connectivity index (χ0n) is 39.1. The van der Waals surface area contributed by atoms with Crippen LogP contribution in [0.25, 0.3) is 0 Å². The number of unbranched alkanes of at least 4 members (excludes halogenated alkanes) is 1. The second-order valence-corrected chi connectivity index (χ2v) is 55.0. The molecule has 0 atom stereocenters. The van der Waals surface area contributed by atoms with Crippen molar-refractivity contribution in [2.24, 2.45) is 0 Å². The smallest absolute Gasteiger partial charge is 0.373 e. The van der Waals surface area contributed by atoms with Crippen LogP contribution in [0.1, 0.15) is 200 Å². The molecule has 12 nitrogen and oxygen atoms in total. The normalized spacial score (nSPS) is 47.3. The van der Waals surface area contributed by atoms with Gasteiger partial charge in [-0.15, -0.1) is 0 Å². The summed E-state index contributed by atoms with van der Waals surface area (Å²) in [6.45, 7) is 7.44. The molecule has 13 aliphatic rings. The van der Waals surface area contributed by atoms with E-state index in [2.05, 4.69) is 20.0 Å². The predicted molar refractivity (Wildman–Crippen MR) is 257 cm³/mol. The zero-order valence-corrected chi connectivity index (χ0v) is 48.1. The Kier molecular flexibility index (Phi) is 12.4. The molecule has 7 saturated carbocycles. The van der Waals surface area contributed by atoms with Crippen molar-refractivity contribution in [1.82, 2.24) is 0 Å². The summed E-state index contributed by atoms with van der Waals surface area (Å²) in [5, 5.41) is 0. The molecule has 0 N–H and O–H groups in total. The molecule has 0 radical (unpaired) electrons. The van der Waals surface area contributed by atoms with E-state index in [1.54, 1.807) is 0 Å². The van der Waals surface area contributed by atoms with Gasteiger partial charge in [-0.1, -0.05) is 129 Å². The fraction of sp³-hybridized carbons (Fsp3) is 1.00. The Balaban J connectivity index is 1.18. The van der Waals surface area contributed by atoms with E-state index >= 15 is 0 Å². The lowest BCUT2D eigenvalue weighted by atomic mass is 10.4. The first-order valence-corrected chi connectivity index (χ1v) is 44.9. The lowest BCUT2D eigenvalue weighted by Gasteiger charge is -2.67. The summed E-state index contributed by atoms with van der Waals surface area (Å²) < 4.78 is 103. The highest BCUT2D eigenvalue weighted by Crippen LogP contribution is 2.66. The third kappa shape index (κ3) is 7.79. The monoisotopic (exact) mass is 1030 g/mol. The van der Waals surface area contributed by atoms with Gasteiger partial charge in [-0.2, -0.15) is 0 Å². The molecular formula is C42H80O12Si9. The third-order valence-electron chi connectivity index (χ3n) is 18.3. The van der Waals surface area contributed by atoms with Crippen LogP contribution in [0.5, 0.6) is 0 Å². The molecule has 0 unspecified atom stereocenters. The van der Waals surface area contributed by atoms with Crippen LogP contribution in [0, 0.1) is 0 Å². The van der Waals surface area contributed by atoms with Crippen molar-refractivity contribution in [3.63, 3.8) is 0 Å². The van der Waals surface area contributed by atoms with Gasteiger partial charge in [-0.25, -0.2) is 0 Å². The molecule has 0 spiro atoms. The van der Waals surface area contributed by atoms with Crippen LogP contribution in [0.15, 0.2) is 0 Å². The van der Waals surface area contributed by atoms with Gasteiger partial charge in [0, 0.05) is 44.5 Å². The molecule has 21 heteroatoms. The van der Waals surface area contributed by atoms with Crippen LogP contribution in [-0.4, -0.2) is 78.5 Å². The van der Waals surface area contributed by atoms with Gasteiger partial charge in [0.05, 0.1) is 8.07 Å². The molecule has 0 aromatic rings. The number of rotatable bonds is 12. The summed E-state index contributed by atoms with van der Waals surface area (Å²) in [6.07, 6.45) is 32.3. The van der Waals surface area contributed by atoms with E-state index in [1.165, 1.54) is 18.9 Å². The van der Waals surface area contributed by atoms with Gasteiger partial charge in [0.25, 0.3) is 0 Å². The van der Waals surface area contributed by atoms with Crippen molar-refractivity contribution in [2.45, 2.75) is 263 Å². The minimum atomic E-state index is -3.91.